The normalized spacial score (nSPS) is 15.3. The van der Waals surface area contributed by atoms with Crippen LogP contribution in [0.5, 0.6) is 5.88 Å². The van der Waals surface area contributed by atoms with E-state index < -0.39 is 21.3 Å². The summed E-state index contributed by atoms with van der Waals surface area (Å²) < 4.78 is 32.7. The topological polar surface area (TPSA) is 85.4 Å². The lowest BCUT2D eigenvalue weighted by atomic mass is 9.96. The molecule has 0 aliphatic heterocycles. The van der Waals surface area contributed by atoms with Crippen molar-refractivity contribution in [2.24, 2.45) is 5.41 Å². The van der Waals surface area contributed by atoms with Crippen LogP contribution in [-0.4, -0.2) is 25.9 Å². The Balaban J connectivity index is 1.77. The monoisotopic (exact) mass is 394 g/mol. The number of hydrogen-bond acceptors (Lipinski definition) is 5. The molecule has 2 aromatic rings. The molecule has 8 heteroatoms. The van der Waals surface area contributed by atoms with Crippen LogP contribution in [0.3, 0.4) is 0 Å². The van der Waals surface area contributed by atoms with Crippen LogP contribution in [0, 0.1) is 5.41 Å². The van der Waals surface area contributed by atoms with Crippen molar-refractivity contribution in [3.8, 4) is 5.88 Å². The molecule has 138 valence electrons. The molecule has 1 fully saturated rings. The van der Waals surface area contributed by atoms with E-state index in [9.17, 15) is 13.2 Å². The number of halogens is 1. The van der Waals surface area contributed by atoms with Gasteiger partial charge in [0.1, 0.15) is 4.90 Å². The molecule has 0 saturated heterocycles. The molecular weight excluding hydrogens is 376 g/mol. The van der Waals surface area contributed by atoms with E-state index in [1.54, 1.807) is 19.1 Å². The van der Waals surface area contributed by atoms with Crippen LogP contribution in [0.25, 0.3) is 0 Å². The average molecular weight is 395 g/mol. The zero-order valence-corrected chi connectivity index (χ0v) is 15.8. The number of aromatic nitrogens is 1. The van der Waals surface area contributed by atoms with Crippen LogP contribution in [0.4, 0.5) is 0 Å². The van der Waals surface area contributed by atoms with E-state index >= 15 is 0 Å². The fraction of sp³-hybridized carbons (Fsp3) is 0.333. The third-order valence-corrected chi connectivity index (χ3v) is 5.92. The SMILES string of the molecule is CCOc1ncccc1S(=O)(=O)NC(=O)C1(Cc2ccc(Cl)cc2)CC1. The number of ether oxygens (including phenoxy) is 1. The first kappa shape index (κ1) is 18.7. The first-order valence-electron chi connectivity index (χ1n) is 8.26. The number of pyridine rings is 1. The lowest BCUT2D eigenvalue weighted by molar-refractivity contribution is -0.124. The minimum Gasteiger partial charge on any atom is -0.477 e. The predicted molar refractivity (Wildman–Crippen MR) is 97.6 cm³/mol. The number of sulfonamides is 1. The molecular formula is C18H19ClN2O4S. The summed E-state index contributed by atoms with van der Waals surface area (Å²) in [6.07, 6.45) is 3.19. The van der Waals surface area contributed by atoms with Gasteiger partial charge in [-0.1, -0.05) is 23.7 Å². The minimum atomic E-state index is -4.06. The van der Waals surface area contributed by atoms with Crippen molar-refractivity contribution >= 4 is 27.5 Å². The highest BCUT2D eigenvalue weighted by Gasteiger charge is 2.50. The van der Waals surface area contributed by atoms with E-state index in [4.69, 9.17) is 16.3 Å². The van der Waals surface area contributed by atoms with Gasteiger partial charge < -0.3 is 4.74 Å². The Morgan fingerprint density at radius 1 is 1.27 bits per heavy atom. The molecule has 0 unspecified atom stereocenters. The van der Waals surface area contributed by atoms with Gasteiger partial charge in [0.15, 0.2) is 0 Å². The Kier molecular flexibility index (Phi) is 5.20. The molecule has 0 bridgehead atoms. The average Bonchev–Trinajstić information content (AvgIpc) is 3.38. The zero-order valence-electron chi connectivity index (χ0n) is 14.2. The fourth-order valence-corrected chi connectivity index (χ4v) is 4.03. The van der Waals surface area contributed by atoms with Gasteiger partial charge in [-0.3, -0.25) is 4.79 Å². The molecule has 3 rings (SSSR count). The van der Waals surface area contributed by atoms with Gasteiger partial charge >= 0.3 is 0 Å². The number of benzene rings is 1. The van der Waals surface area contributed by atoms with Crippen molar-refractivity contribution in [3.05, 3.63) is 53.2 Å². The van der Waals surface area contributed by atoms with E-state index in [2.05, 4.69) is 9.71 Å². The summed E-state index contributed by atoms with van der Waals surface area (Å²) in [4.78, 5) is 16.5. The predicted octanol–water partition coefficient (Wildman–Crippen LogP) is 2.96. The maximum atomic E-state index is 12.7. The Morgan fingerprint density at radius 2 is 1.96 bits per heavy atom. The molecule has 1 aliphatic carbocycles. The summed E-state index contributed by atoms with van der Waals surface area (Å²) in [7, 11) is -4.06. The van der Waals surface area contributed by atoms with E-state index in [0.717, 1.165) is 5.56 Å². The largest absolute Gasteiger partial charge is 0.477 e. The highest BCUT2D eigenvalue weighted by atomic mass is 35.5. The maximum absolute atomic E-state index is 12.7. The molecule has 0 atom stereocenters. The molecule has 0 radical (unpaired) electrons. The number of carbonyl (C=O) groups is 1. The van der Waals surface area contributed by atoms with Crippen molar-refractivity contribution in [2.75, 3.05) is 6.61 Å². The number of nitrogens with one attached hydrogen (secondary N) is 1. The van der Waals surface area contributed by atoms with Gasteiger partial charge in [0.2, 0.25) is 11.8 Å². The van der Waals surface area contributed by atoms with Crippen molar-refractivity contribution in [1.29, 1.82) is 0 Å². The molecule has 1 aromatic carbocycles. The molecule has 1 heterocycles. The molecule has 1 saturated carbocycles. The highest BCUT2D eigenvalue weighted by Crippen LogP contribution is 2.49. The van der Waals surface area contributed by atoms with Crippen molar-refractivity contribution in [3.63, 3.8) is 0 Å². The summed E-state index contributed by atoms with van der Waals surface area (Å²) in [6, 6.07) is 10.1. The van der Waals surface area contributed by atoms with Crippen LogP contribution >= 0.6 is 11.6 Å². The lowest BCUT2D eigenvalue weighted by Crippen LogP contribution is -2.38. The number of amides is 1. The zero-order chi connectivity index (χ0) is 18.8. The van der Waals surface area contributed by atoms with Crippen molar-refractivity contribution in [2.45, 2.75) is 31.1 Å². The summed E-state index contributed by atoms with van der Waals surface area (Å²) >= 11 is 5.88. The van der Waals surface area contributed by atoms with Gasteiger partial charge in [0.05, 0.1) is 12.0 Å². The quantitative estimate of drug-likeness (QED) is 0.780. The number of nitrogens with zero attached hydrogens (tertiary/aromatic N) is 1. The highest BCUT2D eigenvalue weighted by molar-refractivity contribution is 7.90. The van der Waals surface area contributed by atoms with Gasteiger partial charge in [-0.15, -0.1) is 0 Å². The molecule has 26 heavy (non-hydrogen) atoms. The molecule has 1 N–H and O–H groups in total. The van der Waals surface area contributed by atoms with Gasteiger partial charge in [-0.2, -0.15) is 0 Å². The maximum Gasteiger partial charge on any atom is 0.269 e. The number of rotatable bonds is 7. The second-order valence-electron chi connectivity index (χ2n) is 6.26. The summed E-state index contributed by atoms with van der Waals surface area (Å²) in [5.74, 6) is -0.517. The van der Waals surface area contributed by atoms with Crippen LogP contribution in [-0.2, 0) is 21.2 Å². The number of carbonyl (C=O) groups excluding carboxylic acids is 1. The van der Waals surface area contributed by atoms with Crippen LogP contribution in [0.1, 0.15) is 25.3 Å². The molecule has 1 aromatic heterocycles. The van der Waals surface area contributed by atoms with E-state index in [-0.39, 0.29) is 17.4 Å². The third kappa shape index (κ3) is 3.99. The van der Waals surface area contributed by atoms with Crippen molar-refractivity contribution in [1.82, 2.24) is 9.71 Å². The Hall–Kier alpha value is -2.12. The molecule has 1 amide bonds. The Labute approximate surface area is 157 Å². The van der Waals surface area contributed by atoms with Gasteiger partial charge in [0.25, 0.3) is 10.0 Å². The third-order valence-electron chi connectivity index (χ3n) is 4.32. The first-order chi connectivity index (χ1) is 12.4. The smallest absolute Gasteiger partial charge is 0.269 e. The van der Waals surface area contributed by atoms with Crippen LogP contribution in [0.15, 0.2) is 47.5 Å². The van der Waals surface area contributed by atoms with E-state index in [1.807, 2.05) is 12.1 Å². The van der Waals surface area contributed by atoms with E-state index in [0.29, 0.717) is 24.3 Å². The van der Waals surface area contributed by atoms with Gasteiger partial charge in [-0.25, -0.2) is 18.1 Å². The second-order valence-corrected chi connectivity index (χ2v) is 8.35. The van der Waals surface area contributed by atoms with Crippen LogP contribution in [0.2, 0.25) is 5.02 Å². The summed E-state index contributed by atoms with van der Waals surface area (Å²) in [6.45, 7) is 2.00. The molecule has 6 nitrogen and oxygen atoms in total. The second kappa shape index (κ2) is 7.25. The van der Waals surface area contributed by atoms with Gasteiger partial charge in [0, 0.05) is 11.2 Å². The van der Waals surface area contributed by atoms with Gasteiger partial charge in [-0.05, 0) is 56.0 Å². The van der Waals surface area contributed by atoms with Crippen LogP contribution < -0.4 is 9.46 Å². The first-order valence-corrected chi connectivity index (χ1v) is 10.1. The molecule has 0 spiro atoms. The van der Waals surface area contributed by atoms with E-state index in [1.165, 1.54) is 18.3 Å². The minimum absolute atomic E-state index is 0.0159. The number of hydrogen-bond donors (Lipinski definition) is 1. The lowest BCUT2D eigenvalue weighted by Gasteiger charge is -2.16. The standard InChI is InChI=1S/C18H19ClN2O4S/c1-2-25-16-15(4-3-11-20-16)26(23,24)21-17(22)18(9-10-18)12-13-5-7-14(19)8-6-13/h3-8,11H,2,9-10,12H2,1H3,(H,21,22). The fourth-order valence-electron chi connectivity index (χ4n) is 2.74. The summed E-state index contributed by atoms with van der Waals surface area (Å²) in [5.41, 5.74) is 0.241. The summed E-state index contributed by atoms with van der Waals surface area (Å²) in [5, 5.41) is 0.616. The Morgan fingerprint density at radius 3 is 2.58 bits per heavy atom. The Bertz CT molecular complexity index is 909. The van der Waals surface area contributed by atoms with Crippen molar-refractivity contribution < 1.29 is 17.9 Å². The molecule has 1 aliphatic rings.